The number of nitrogens with one attached hydrogen (secondary N) is 1. The Labute approximate surface area is 130 Å². The minimum absolute atomic E-state index is 0.0525. The Kier molecular flexibility index (Phi) is 2.30. The summed E-state index contributed by atoms with van der Waals surface area (Å²) in [7, 11) is 0. The van der Waals surface area contributed by atoms with Gasteiger partial charge >= 0.3 is 0 Å². The van der Waals surface area contributed by atoms with Crippen LogP contribution >= 0.6 is 0 Å². The maximum absolute atomic E-state index is 5.04. The van der Waals surface area contributed by atoms with E-state index in [0.717, 1.165) is 5.65 Å². The molecule has 2 aliphatic rings. The zero-order valence-corrected chi connectivity index (χ0v) is 12.8. The first kappa shape index (κ1) is 12.3. The highest BCUT2D eigenvalue weighted by molar-refractivity contribution is 5.84. The van der Waals surface area contributed by atoms with Crippen LogP contribution in [-0.4, -0.2) is 9.38 Å². The van der Waals surface area contributed by atoms with E-state index >= 15 is 0 Å². The van der Waals surface area contributed by atoms with Crippen LogP contribution in [0.1, 0.15) is 36.9 Å². The summed E-state index contributed by atoms with van der Waals surface area (Å²) in [6, 6.07) is 12.9. The molecule has 0 atom stereocenters. The van der Waals surface area contributed by atoms with Crippen molar-refractivity contribution in [2.75, 3.05) is 5.32 Å². The smallest absolute Gasteiger partial charge is 0.140 e. The molecule has 2 aromatic heterocycles. The van der Waals surface area contributed by atoms with Gasteiger partial charge < -0.3 is 9.72 Å². The van der Waals surface area contributed by atoms with Gasteiger partial charge in [-0.05, 0) is 37.5 Å². The molecule has 1 spiro atoms. The van der Waals surface area contributed by atoms with Crippen molar-refractivity contribution in [1.82, 2.24) is 9.38 Å². The lowest BCUT2D eigenvalue weighted by Crippen LogP contribution is -2.36. The maximum Gasteiger partial charge on any atom is 0.140 e. The second-order valence-electron chi connectivity index (χ2n) is 6.65. The molecule has 1 saturated carbocycles. The Hall–Kier alpha value is -2.29. The van der Waals surface area contributed by atoms with Crippen LogP contribution in [0.5, 0.6) is 0 Å². The lowest BCUT2D eigenvalue weighted by molar-refractivity contribution is 0.486. The minimum atomic E-state index is 0.0525. The monoisotopic (exact) mass is 289 g/mol. The average molecular weight is 289 g/mol. The molecule has 0 radical (unpaired) electrons. The third-order valence-corrected chi connectivity index (χ3v) is 5.31. The third-order valence-electron chi connectivity index (χ3n) is 5.31. The quantitative estimate of drug-likeness (QED) is 0.660. The van der Waals surface area contributed by atoms with Gasteiger partial charge in [-0.1, -0.05) is 37.1 Å². The molecule has 5 rings (SSSR count). The Bertz CT molecular complexity index is 885. The van der Waals surface area contributed by atoms with Gasteiger partial charge in [0.1, 0.15) is 5.65 Å². The lowest BCUT2D eigenvalue weighted by atomic mass is 9.85. The molecule has 1 fully saturated rings. The second-order valence-corrected chi connectivity index (χ2v) is 6.65. The SMILES string of the molecule is Cc1cccn2c3c(nc12)-c1ccccc1NC31CCCC1. The van der Waals surface area contributed by atoms with Crippen LogP contribution < -0.4 is 5.32 Å². The number of aromatic nitrogens is 2. The van der Waals surface area contributed by atoms with Gasteiger partial charge in [0.2, 0.25) is 0 Å². The topological polar surface area (TPSA) is 29.3 Å². The van der Waals surface area contributed by atoms with Gasteiger partial charge in [-0.25, -0.2) is 4.98 Å². The van der Waals surface area contributed by atoms with Crippen molar-refractivity contribution in [3.8, 4) is 11.3 Å². The van der Waals surface area contributed by atoms with Gasteiger partial charge in [-0.3, -0.25) is 0 Å². The van der Waals surface area contributed by atoms with Crippen LogP contribution in [0.3, 0.4) is 0 Å². The summed E-state index contributed by atoms with van der Waals surface area (Å²) in [6.07, 6.45) is 7.12. The van der Waals surface area contributed by atoms with E-state index in [1.165, 1.54) is 53.9 Å². The van der Waals surface area contributed by atoms with E-state index in [2.05, 4.69) is 59.2 Å². The van der Waals surface area contributed by atoms with Crippen LogP contribution in [0.2, 0.25) is 0 Å². The number of para-hydroxylation sites is 1. The van der Waals surface area contributed by atoms with E-state index in [1.54, 1.807) is 0 Å². The van der Waals surface area contributed by atoms with E-state index in [0.29, 0.717) is 0 Å². The average Bonchev–Trinajstić information content (AvgIpc) is 3.14. The number of rotatable bonds is 0. The van der Waals surface area contributed by atoms with E-state index in [1.807, 2.05) is 0 Å². The highest BCUT2D eigenvalue weighted by Gasteiger charge is 2.44. The Morgan fingerprint density at radius 2 is 1.91 bits per heavy atom. The lowest BCUT2D eigenvalue weighted by Gasteiger charge is -2.36. The molecule has 1 N–H and O–H groups in total. The summed E-state index contributed by atoms with van der Waals surface area (Å²) >= 11 is 0. The van der Waals surface area contributed by atoms with Crippen molar-refractivity contribution in [2.24, 2.45) is 0 Å². The Morgan fingerprint density at radius 3 is 2.77 bits per heavy atom. The highest BCUT2D eigenvalue weighted by Crippen LogP contribution is 2.50. The maximum atomic E-state index is 5.04. The van der Waals surface area contributed by atoms with Crippen LogP contribution in [0.25, 0.3) is 16.9 Å². The van der Waals surface area contributed by atoms with Crippen molar-refractivity contribution in [2.45, 2.75) is 38.1 Å². The van der Waals surface area contributed by atoms with Gasteiger partial charge in [0.05, 0.1) is 16.9 Å². The molecule has 3 aromatic rings. The predicted molar refractivity (Wildman–Crippen MR) is 89.1 cm³/mol. The van der Waals surface area contributed by atoms with E-state index in [9.17, 15) is 0 Å². The molecule has 1 aliphatic carbocycles. The number of anilines is 1. The van der Waals surface area contributed by atoms with Gasteiger partial charge in [0.15, 0.2) is 0 Å². The molecule has 0 amide bonds. The van der Waals surface area contributed by atoms with Crippen molar-refractivity contribution < 1.29 is 0 Å². The predicted octanol–water partition coefficient (Wildman–Crippen LogP) is 4.50. The van der Waals surface area contributed by atoms with Crippen LogP contribution in [-0.2, 0) is 5.54 Å². The molecular formula is C19H19N3. The summed E-state index contributed by atoms with van der Waals surface area (Å²) in [5, 5.41) is 3.87. The summed E-state index contributed by atoms with van der Waals surface area (Å²) in [5.41, 5.74) is 7.39. The number of benzene rings is 1. The molecule has 0 bridgehead atoms. The number of fused-ring (bicyclic) bond motifs is 6. The number of hydrogen-bond acceptors (Lipinski definition) is 2. The van der Waals surface area contributed by atoms with Crippen molar-refractivity contribution >= 4 is 11.3 Å². The number of nitrogens with zero attached hydrogens (tertiary/aromatic N) is 2. The number of pyridine rings is 1. The molecule has 3 heterocycles. The number of hydrogen-bond donors (Lipinski definition) is 1. The molecule has 110 valence electrons. The van der Waals surface area contributed by atoms with E-state index in [-0.39, 0.29) is 5.54 Å². The fourth-order valence-electron chi connectivity index (χ4n) is 4.30. The molecule has 3 heteroatoms. The van der Waals surface area contributed by atoms with Crippen molar-refractivity contribution in [3.05, 3.63) is 53.9 Å². The largest absolute Gasteiger partial charge is 0.373 e. The van der Waals surface area contributed by atoms with Crippen LogP contribution in [0, 0.1) is 6.92 Å². The molecule has 22 heavy (non-hydrogen) atoms. The molecule has 1 aromatic carbocycles. The highest BCUT2D eigenvalue weighted by atomic mass is 15.1. The van der Waals surface area contributed by atoms with Gasteiger partial charge in [-0.15, -0.1) is 0 Å². The van der Waals surface area contributed by atoms with Gasteiger partial charge in [0.25, 0.3) is 0 Å². The first-order chi connectivity index (χ1) is 10.8. The first-order valence-corrected chi connectivity index (χ1v) is 8.14. The van der Waals surface area contributed by atoms with Crippen molar-refractivity contribution in [3.63, 3.8) is 0 Å². The Morgan fingerprint density at radius 1 is 1.09 bits per heavy atom. The molecule has 0 saturated heterocycles. The summed E-state index contributed by atoms with van der Waals surface area (Å²) < 4.78 is 2.32. The van der Waals surface area contributed by atoms with Crippen molar-refractivity contribution in [1.29, 1.82) is 0 Å². The minimum Gasteiger partial charge on any atom is -0.373 e. The normalized spacial score (nSPS) is 18.2. The molecule has 0 unspecified atom stereocenters. The summed E-state index contributed by atoms with van der Waals surface area (Å²) in [6.45, 7) is 2.15. The van der Waals surface area contributed by atoms with E-state index < -0.39 is 0 Å². The number of aryl methyl sites for hydroxylation is 1. The van der Waals surface area contributed by atoms with Crippen LogP contribution in [0.4, 0.5) is 5.69 Å². The second kappa shape index (κ2) is 4.13. The standard InChI is InChI=1S/C19H19N3/c1-13-7-6-12-22-17-16(20-18(13)22)14-8-2-3-9-15(14)21-19(17)10-4-5-11-19/h2-3,6-9,12,21H,4-5,10-11H2,1H3. The van der Waals surface area contributed by atoms with E-state index in [4.69, 9.17) is 4.98 Å². The number of imidazole rings is 1. The zero-order valence-electron chi connectivity index (χ0n) is 12.8. The summed E-state index contributed by atoms with van der Waals surface area (Å²) in [5.74, 6) is 0. The molecular weight excluding hydrogens is 270 g/mol. The zero-order chi connectivity index (χ0) is 14.7. The fraction of sp³-hybridized carbons (Fsp3) is 0.316. The first-order valence-electron chi connectivity index (χ1n) is 8.14. The Balaban J connectivity index is 1.92. The van der Waals surface area contributed by atoms with Gasteiger partial charge in [0, 0.05) is 17.4 Å². The van der Waals surface area contributed by atoms with Gasteiger partial charge in [-0.2, -0.15) is 0 Å². The molecule has 3 nitrogen and oxygen atoms in total. The summed E-state index contributed by atoms with van der Waals surface area (Å²) in [4.78, 5) is 5.04. The van der Waals surface area contributed by atoms with Crippen LogP contribution in [0.15, 0.2) is 42.6 Å². The fourth-order valence-corrected chi connectivity index (χ4v) is 4.30. The molecule has 1 aliphatic heterocycles. The third kappa shape index (κ3) is 1.43.